The summed E-state index contributed by atoms with van der Waals surface area (Å²) in [5.74, 6) is 0.00281. The van der Waals surface area contributed by atoms with Crippen molar-refractivity contribution in [2.24, 2.45) is 17.8 Å². The molecule has 0 radical (unpaired) electrons. The number of fused-ring (bicyclic) bond motifs is 5. The van der Waals surface area contributed by atoms with Crippen molar-refractivity contribution in [3.63, 3.8) is 0 Å². The van der Waals surface area contributed by atoms with Crippen LogP contribution in [0.4, 0.5) is 0 Å². The molecule has 4 heterocycles. The maximum atomic E-state index is 12.2. The summed E-state index contributed by atoms with van der Waals surface area (Å²) in [6.07, 6.45) is 11.3. The first-order chi connectivity index (χ1) is 14.6. The zero-order chi connectivity index (χ0) is 20.4. The minimum absolute atomic E-state index is 0.127. The first-order valence-electron chi connectivity index (χ1n) is 10.3. The highest BCUT2D eigenvalue weighted by Gasteiger charge is 2.48. The van der Waals surface area contributed by atoms with Crippen LogP contribution in [0.25, 0.3) is 33.5 Å². The first kappa shape index (κ1) is 17.9. The van der Waals surface area contributed by atoms with E-state index in [4.69, 9.17) is 16.6 Å². The van der Waals surface area contributed by atoms with Gasteiger partial charge in [-0.1, -0.05) is 11.6 Å². The fourth-order valence-electron chi connectivity index (χ4n) is 5.65. The van der Waals surface area contributed by atoms with Gasteiger partial charge >= 0.3 is 5.97 Å². The zero-order valence-electron chi connectivity index (χ0n) is 16.1. The topological polar surface area (TPSA) is 96.7 Å². The van der Waals surface area contributed by atoms with Gasteiger partial charge in [0.25, 0.3) is 0 Å². The van der Waals surface area contributed by atoms with E-state index in [1.807, 2.05) is 29.1 Å². The van der Waals surface area contributed by atoms with E-state index in [1.165, 1.54) is 0 Å². The number of rotatable bonds is 3. The monoisotopic (exact) mass is 421 g/mol. The molecular formula is C22H20ClN5O2. The van der Waals surface area contributed by atoms with E-state index >= 15 is 0 Å². The van der Waals surface area contributed by atoms with Gasteiger partial charge in [-0.25, -0.2) is 15.0 Å². The first-order valence-corrected chi connectivity index (χ1v) is 10.7. The van der Waals surface area contributed by atoms with Gasteiger partial charge in [0.05, 0.1) is 22.4 Å². The molecule has 0 amide bonds. The molecule has 3 aliphatic carbocycles. The molecule has 2 N–H and O–H groups in total. The molecule has 0 unspecified atom stereocenters. The van der Waals surface area contributed by atoms with Crippen LogP contribution in [0, 0.1) is 17.8 Å². The lowest BCUT2D eigenvalue weighted by atomic mass is 9.61. The maximum absolute atomic E-state index is 12.2. The van der Waals surface area contributed by atoms with Crippen LogP contribution >= 0.6 is 11.6 Å². The lowest BCUT2D eigenvalue weighted by Gasteiger charge is -2.47. The molecule has 2 bridgehead atoms. The van der Waals surface area contributed by atoms with Crippen molar-refractivity contribution in [2.75, 3.05) is 0 Å². The number of halogens is 1. The normalized spacial score (nSPS) is 25.9. The Morgan fingerprint density at radius 3 is 2.77 bits per heavy atom. The van der Waals surface area contributed by atoms with Crippen LogP contribution in [0.1, 0.15) is 31.7 Å². The smallest absolute Gasteiger partial charge is 0.308 e. The molecule has 8 heteroatoms. The van der Waals surface area contributed by atoms with Gasteiger partial charge in [-0.15, -0.1) is 0 Å². The highest BCUT2D eigenvalue weighted by atomic mass is 35.5. The Labute approximate surface area is 177 Å². The highest BCUT2D eigenvalue weighted by molar-refractivity contribution is 6.35. The van der Waals surface area contributed by atoms with E-state index in [9.17, 15) is 9.90 Å². The van der Waals surface area contributed by atoms with Gasteiger partial charge < -0.3 is 14.7 Å². The molecule has 3 fully saturated rings. The number of aliphatic carboxylic acids is 1. The van der Waals surface area contributed by atoms with Crippen molar-refractivity contribution in [2.45, 2.75) is 31.7 Å². The number of nitrogens with one attached hydrogen (secondary N) is 1. The molecule has 4 aromatic heterocycles. The van der Waals surface area contributed by atoms with E-state index < -0.39 is 11.9 Å². The van der Waals surface area contributed by atoms with Crippen molar-refractivity contribution in [3.8, 4) is 11.4 Å². The summed E-state index contributed by atoms with van der Waals surface area (Å²) in [6, 6.07) is 3.74. The number of hydrogen-bond donors (Lipinski definition) is 2. The van der Waals surface area contributed by atoms with Crippen LogP contribution < -0.4 is 0 Å². The minimum Gasteiger partial charge on any atom is -0.481 e. The molecule has 0 saturated heterocycles. The Hall–Kier alpha value is -2.93. The summed E-state index contributed by atoms with van der Waals surface area (Å²) in [6.45, 7) is 0. The van der Waals surface area contributed by atoms with Gasteiger partial charge in [-0.2, -0.15) is 0 Å². The second-order valence-corrected chi connectivity index (χ2v) is 8.85. The predicted octanol–water partition coefficient (Wildman–Crippen LogP) is 4.69. The van der Waals surface area contributed by atoms with Crippen LogP contribution in [0.5, 0.6) is 0 Å². The predicted molar refractivity (Wildman–Crippen MR) is 113 cm³/mol. The second-order valence-electron chi connectivity index (χ2n) is 8.45. The van der Waals surface area contributed by atoms with Gasteiger partial charge in [0.2, 0.25) is 0 Å². The molecule has 0 spiro atoms. The van der Waals surface area contributed by atoms with Gasteiger partial charge in [0.15, 0.2) is 5.82 Å². The van der Waals surface area contributed by atoms with Crippen LogP contribution in [0.15, 0.2) is 36.9 Å². The lowest BCUT2D eigenvalue weighted by Crippen LogP contribution is -2.44. The number of pyridine rings is 1. The van der Waals surface area contributed by atoms with Crippen molar-refractivity contribution in [1.82, 2.24) is 24.5 Å². The molecule has 30 heavy (non-hydrogen) atoms. The number of carbonyl (C=O) groups is 1. The third-order valence-electron chi connectivity index (χ3n) is 7.00. The summed E-state index contributed by atoms with van der Waals surface area (Å²) < 4.78 is 2.02. The number of aromatic amines is 1. The molecule has 0 aromatic carbocycles. The SMILES string of the molecule is O=C(O)[C@H]1C2CCC(CC2)[C@@H]1n1cc(Cl)c2cnc(-c3c[nH]c4ncccc34)nc21. The summed E-state index contributed by atoms with van der Waals surface area (Å²) >= 11 is 6.53. The Bertz CT molecular complexity index is 1290. The average Bonchev–Trinajstić information content (AvgIpc) is 3.35. The number of carboxylic acid groups (broad SMARTS) is 1. The molecule has 152 valence electrons. The third kappa shape index (κ3) is 2.51. The second kappa shape index (κ2) is 6.54. The van der Waals surface area contributed by atoms with E-state index in [1.54, 1.807) is 12.4 Å². The van der Waals surface area contributed by atoms with Crippen molar-refractivity contribution in [1.29, 1.82) is 0 Å². The molecule has 4 aromatic rings. The zero-order valence-corrected chi connectivity index (χ0v) is 16.9. The molecule has 7 rings (SSSR count). The minimum atomic E-state index is -0.718. The third-order valence-corrected chi connectivity index (χ3v) is 7.30. The van der Waals surface area contributed by atoms with Gasteiger partial charge in [-0.05, 0) is 49.7 Å². The van der Waals surface area contributed by atoms with E-state index in [2.05, 4.69) is 15.0 Å². The molecule has 3 saturated carbocycles. The molecule has 7 nitrogen and oxygen atoms in total. The van der Waals surface area contributed by atoms with Crippen molar-refractivity contribution < 1.29 is 9.90 Å². The largest absolute Gasteiger partial charge is 0.481 e. The Balaban J connectivity index is 1.53. The highest BCUT2D eigenvalue weighted by Crippen LogP contribution is 2.52. The van der Waals surface area contributed by atoms with E-state index in [0.717, 1.165) is 47.7 Å². The van der Waals surface area contributed by atoms with Gasteiger partial charge in [0.1, 0.15) is 11.3 Å². The molecule has 3 aliphatic rings. The van der Waals surface area contributed by atoms with Crippen molar-refractivity contribution >= 4 is 39.6 Å². The average molecular weight is 422 g/mol. The van der Waals surface area contributed by atoms with Crippen LogP contribution in [-0.4, -0.2) is 35.6 Å². The standard InChI is InChI=1S/C22H20ClN5O2/c23-16-10-28(18-12-5-3-11(4-6-12)17(18)22(29)30)21-15(16)9-26-20(27-21)14-8-25-19-13(14)2-1-7-24-19/h1-2,7-12,17-18H,3-6H2,(H,24,25)(H,29,30)/t11?,12?,17-,18-/m0/s1. The summed E-state index contributed by atoms with van der Waals surface area (Å²) in [5, 5.41) is 12.3. The number of nitrogens with zero attached hydrogens (tertiary/aromatic N) is 4. The van der Waals surface area contributed by atoms with Crippen molar-refractivity contribution in [3.05, 3.63) is 41.9 Å². The fourth-order valence-corrected chi connectivity index (χ4v) is 5.89. The molecule has 2 atom stereocenters. The summed E-state index contributed by atoms with van der Waals surface area (Å²) in [4.78, 5) is 29.1. The fraction of sp³-hybridized carbons (Fsp3) is 0.364. The Morgan fingerprint density at radius 1 is 1.17 bits per heavy atom. The van der Waals surface area contributed by atoms with Crippen LogP contribution in [-0.2, 0) is 4.79 Å². The number of H-pyrrole nitrogens is 1. The Kier molecular flexibility index (Phi) is 3.90. The van der Waals surface area contributed by atoms with Crippen LogP contribution in [0.2, 0.25) is 5.02 Å². The van der Waals surface area contributed by atoms with Gasteiger partial charge in [0, 0.05) is 35.7 Å². The number of carboxylic acids is 1. The van der Waals surface area contributed by atoms with Crippen LogP contribution in [0.3, 0.4) is 0 Å². The lowest BCUT2D eigenvalue weighted by molar-refractivity contribution is -0.151. The van der Waals surface area contributed by atoms with E-state index in [0.29, 0.717) is 22.4 Å². The number of aromatic nitrogens is 5. The van der Waals surface area contributed by atoms with Gasteiger partial charge in [-0.3, -0.25) is 4.79 Å². The molecular weight excluding hydrogens is 402 g/mol. The maximum Gasteiger partial charge on any atom is 0.308 e. The molecule has 0 aliphatic heterocycles. The van der Waals surface area contributed by atoms with E-state index in [-0.39, 0.29) is 12.0 Å². The number of hydrogen-bond acceptors (Lipinski definition) is 4. The summed E-state index contributed by atoms with van der Waals surface area (Å²) in [7, 11) is 0. The Morgan fingerprint density at radius 2 is 1.97 bits per heavy atom. The summed E-state index contributed by atoms with van der Waals surface area (Å²) in [5.41, 5.74) is 2.34. The quantitative estimate of drug-likeness (QED) is 0.500.